The quantitative estimate of drug-likeness (QED) is 0.0455. The lowest BCUT2D eigenvalue weighted by atomic mass is 10.1. The molecule has 3 aliphatic heterocycles. The molecule has 376 valence electrons. The van der Waals surface area contributed by atoms with Crippen molar-refractivity contribution < 1.29 is 63.0 Å². The topological polar surface area (TPSA) is 360 Å². The number of rotatable bonds is 23. The van der Waals surface area contributed by atoms with Gasteiger partial charge in [-0.2, -0.15) is 0 Å². The van der Waals surface area contributed by atoms with E-state index in [1.54, 1.807) is 0 Å². The second-order valence-electron chi connectivity index (χ2n) is 17.5. The summed E-state index contributed by atoms with van der Waals surface area (Å²) in [5.41, 5.74) is 5.14. The molecule has 10 unspecified atom stereocenters. The van der Waals surface area contributed by atoms with Crippen LogP contribution in [0, 0.1) is 0 Å². The van der Waals surface area contributed by atoms with E-state index in [9.17, 15) is 63.0 Å². The summed E-state index contributed by atoms with van der Waals surface area (Å²) in [5, 5.41) is 39.8. The van der Waals surface area contributed by atoms with Crippen LogP contribution in [0.15, 0.2) is 0 Å². The molecule has 67 heavy (non-hydrogen) atoms. The first-order valence-corrected chi connectivity index (χ1v) is 22.8. The Morgan fingerprint density at radius 1 is 0.493 bits per heavy atom. The van der Waals surface area contributed by atoms with Gasteiger partial charge >= 0.3 is 0 Å². The van der Waals surface area contributed by atoms with Crippen molar-refractivity contribution in [3.05, 3.63) is 0 Å². The highest BCUT2D eigenvalue weighted by atomic mass is 16.3. The first-order valence-electron chi connectivity index (χ1n) is 22.8. The number of aliphatic hydroxyl groups is 2. The molecule has 3 heterocycles. The molecule has 0 spiro atoms. The van der Waals surface area contributed by atoms with Gasteiger partial charge in [0.25, 0.3) is 0 Å². The van der Waals surface area contributed by atoms with Crippen molar-refractivity contribution >= 4 is 65.0 Å². The molecule has 10 atom stereocenters. The van der Waals surface area contributed by atoms with Gasteiger partial charge in [0, 0.05) is 38.6 Å². The summed E-state index contributed by atoms with van der Waals surface area (Å²) < 4.78 is 0. The van der Waals surface area contributed by atoms with Gasteiger partial charge in [0.05, 0.1) is 13.2 Å². The van der Waals surface area contributed by atoms with Gasteiger partial charge in [-0.25, -0.2) is 0 Å². The predicted octanol–water partition coefficient (Wildman–Crippen LogP) is -5.69. The first-order chi connectivity index (χ1) is 31.5. The van der Waals surface area contributed by atoms with Crippen LogP contribution in [0.3, 0.4) is 0 Å². The van der Waals surface area contributed by atoms with Crippen LogP contribution in [0.2, 0.25) is 0 Å². The summed E-state index contributed by atoms with van der Waals surface area (Å²) in [5.74, 6) is -7.44. The number of carbonyl (C=O) groups is 11. The molecule has 12 N–H and O–H groups in total. The molecule has 3 rings (SSSR count). The van der Waals surface area contributed by atoms with E-state index in [2.05, 4.69) is 42.5 Å². The van der Waals surface area contributed by atoms with Crippen LogP contribution in [0.1, 0.15) is 93.4 Å². The van der Waals surface area contributed by atoms with Crippen LogP contribution in [-0.2, 0) is 52.7 Å². The number of primary amides is 1. The number of nitrogens with one attached hydrogen (secondary N) is 8. The van der Waals surface area contributed by atoms with Gasteiger partial charge in [-0.05, 0) is 73.1 Å². The van der Waals surface area contributed by atoms with Gasteiger partial charge in [-0.1, -0.05) is 13.8 Å². The average molecular weight is 951 g/mol. The minimum Gasteiger partial charge on any atom is -0.394 e. The first kappa shape index (κ1) is 55.4. The normalized spacial score (nSPS) is 21.2. The number of nitrogens with two attached hydrogens (primary N) is 1. The molecule has 0 aromatic heterocycles. The smallest absolute Gasteiger partial charge is 0.248 e. The number of likely N-dealkylation sites (tertiary alicyclic amines) is 3. The van der Waals surface area contributed by atoms with Crippen LogP contribution >= 0.6 is 0 Å². The molecule has 0 saturated carbocycles. The second kappa shape index (κ2) is 25.8. The molecular formula is C42H70N12O13. The number of amides is 11. The second-order valence-corrected chi connectivity index (χ2v) is 17.5. The van der Waals surface area contributed by atoms with Crippen molar-refractivity contribution in [1.29, 1.82) is 0 Å². The Morgan fingerprint density at radius 3 is 1.25 bits per heavy atom. The molecule has 0 aliphatic carbocycles. The molecule has 25 heteroatoms. The fourth-order valence-electron chi connectivity index (χ4n) is 7.97. The Morgan fingerprint density at radius 2 is 0.851 bits per heavy atom. The monoisotopic (exact) mass is 951 g/mol. The van der Waals surface area contributed by atoms with Gasteiger partial charge in [0.1, 0.15) is 60.4 Å². The highest BCUT2D eigenvalue weighted by molar-refractivity contribution is 5.99. The highest BCUT2D eigenvalue weighted by Gasteiger charge is 2.42. The minimum atomic E-state index is -1.41. The van der Waals surface area contributed by atoms with Crippen molar-refractivity contribution in [2.24, 2.45) is 5.73 Å². The van der Waals surface area contributed by atoms with Crippen LogP contribution < -0.4 is 48.3 Å². The van der Waals surface area contributed by atoms with E-state index >= 15 is 0 Å². The van der Waals surface area contributed by atoms with E-state index in [1.165, 1.54) is 49.3 Å². The molecule has 3 fully saturated rings. The maximum atomic E-state index is 13.6. The third-order valence-electron chi connectivity index (χ3n) is 11.8. The zero-order valence-corrected chi connectivity index (χ0v) is 39.3. The highest BCUT2D eigenvalue weighted by Crippen LogP contribution is 2.22. The molecule has 0 aromatic carbocycles. The van der Waals surface area contributed by atoms with Crippen molar-refractivity contribution in [3.63, 3.8) is 0 Å². The number of nitrogens with zero attached hydrogens (tertiary/aromatic N) is 3. The van der Waals surface area contributed by atoms with Crippen molar-refractivity contribution in [3.8, 4) is 0 Å². The summed E-state index contributed by atoms with van der Waals surface area (Å²) in [4.78, 5) is 147. The number of hydrogen-bond acceptors (Lipinski definition) is 14. The fourth-order valence-corrected chi connectivity index (χ4v) is 7.97. The van der Waals surface area contributed by atoms with Crippen LogP contribution in [0.4, 0.5) is 0 Å². The number of carbonyl (C=O) groups excluding carboxylic acids is 11. The molecule has 3 aliphatic rings. The van der Waals surface area contributed by atoms with Gasteiger partial charge in [0.15, 0.2) is 0 Å². The summed E-state index contributed by atoms with van der Waals surface area (Å²) >= 11 is 0. The maximum absolute atomic E-state index is 13.6. The Hall–Kier alpha value is -5.95. The number of aliphatic hydroxyl groups excluding tert-OH is 2. The van der Waals surface area contributed by atoms with Gasteiger partial charge in [-0.15, -0.1) is 0 Å². The molecule has 0 radical (unpaired) electrons. The van der Waals surface area contributed by atoms with E-state index < -0.39 is 133 Å². The third-order valence-corrected chi connectivity index (χ3v) is 11.8. The van der Waals surface area contributed by atoms with E-state index in [-0.39, 0.29) is 57.3 Å². The summed E-state index contributed by atoms with van der Waals surface area (Å²) in [6.07, 6.45) is 2.21. The zero-order chi connectivity index (χ0) is 50.3. The Kier molecular flexibility index (Phi) is 21.3. The van der Waals surface area contributed by atoms with Crippen LogP contribution in [0.25, 0.3) is 0 Å². The summed E-state index contributed by atoms with van der Waals surface area (Å²) in [6, 6.07) is -11.2. The van der Waals surface area contributed by atoms with E-state index in [0.717, 1.165) is 0 Å². The van der Waals surface area contributed by atoms with Crippen molar-refractivity contribution in [1.82, 2.24) is 57.2 Å². The molecular weight excluding hydrogens is 881 g/mol. The van der Waals surface area contributed by atoms with Crippen LogP contribution in [-0.4, -0.2) is 196 Å². The van der Waals surface area contributed by atoms with Gasteiger partial charge < -0.3 is 73.2 Å². The minimum absolute atomic E-state index is 0.119. The van der Waals surface area contributed by atoms with Gasteiger partial charge in [-0.3, -0.25) is 52.7 Å². The Labute approximate surface area is 389 Å². The van der Waals surface area contributed by atoms with E-state index in [4.69, 9.17) is 5.73 Å². The molecule has 0 bridgehead atoms. The third kappa shape index (κ3) is 15.6. The molecule has 0 aromatic rings. The summed E-state index contributed by atoms with van der Waals surface area (Å²) in [6.45, 7) is 10.2. The largest absolute Gasteiger partial charge is 0.394 e. The molecule has 25 nitrogen and oxygen atoms in total. The molecule has 11 amide bonds. The zero-order valence-electron chi connectivity index (χ0n) is 39.3. The van der Waals surface area contributed by atoms with Crippen molar-refractivity contribution in [2.75, 3.05) is 39.4 Å². The SMILES string of the molecule is CC(C)NCCC(=O)NC(C)C(=O)NC(CO)C(=O)N1CCCC1C(=O)NC(C)C(=O)NC(C)C(=O)N1CCCC1C(=O)NC(C)C(=O)N1CCCC1C(=O)NC(C)C(=O)NC(CO)C(N)=O. The Balaban J connectivity index is 1.52. The lowest BCUT2D eigenvalue weighted by Crippen LogP contribution is -2.59. The maximum Gasteiger partial charge on any atom is 0.248 e. The lowest BCUT2D eigenvalue weighted by molar-refractivity contribution is -0.144. The van der Waals surface area contributed by atoms with Crippen molar-refractivity contribution in [2.45, 2.75) is 160 Å². The van der Waals surface area contributed by atoms with E-state index in [1.807, 2.05) is 13.8 Å². The van der Waals surface area contributed by atoms with E-state index in [0.29, 0.717) is 25.8 Å². The van der Waals surface area contributed by atoms with Gasteiger partial charge in [0.2, 0.25) is 65.0 Å². The summed E-state index contributed by atoms with van der Waals surface area (Å²) in [7, 11) is 0. The Bertz CT molecular complexity index is 1850. The average Bonchev–Trinajstić information content (AvgIpc) is 4.08. The number of hydrogen-bond donors (Lipinski definition) is 11. The standard InChI is InChI=1S/C42H70N12O13/c1-21(2)44-15-14-32(57)45-22(3)35(60)51-28(20-56)42(67)54-18-10-13-31(54)38(63)46-23(4)34(59)48-25(6)40(65)53-17-9-12-30(53)39(64)49-26(7)41(66)52-16-8-11-29(52)37(62)47-24(5)36(61)50-27(19-55)33(43)58/h21-31,44,55-56H,8-20H2,1-7H3,(H2,43,58)(H,45,57)(H,46,63)(H,47,62)(H,48,59)(H,49,64)(H,50,61)(H,51,60). The predicted molar refractivity (Wildman–Crippen MR) is 237 cm³/mol. The molecule has 3 saturated heterocycles. The fraction of sp³-hybridized carbons (Fsp3) is 0.738. The lowest BCUT2D eigenvalue weighted by Gasteiger charge is -2.31. The van der Waals surface area contributed by atoms with Crippen LogP contribution in [0.5, 0.6) is 0 Å².